The van der Waals surface area contributed by atoms with E-state index in [0.29, 0.717) is 17.2 Å². The molecule has 3 amide bonds. The summed E-state index contributed by atoms with van der Waals surface area (Å²) in [4.78, 5) is 37.4. The van der Waals surface area contributed by atoms with Crippen LogP contribution in [0.2, 0.25) is 0 Å². The first-order valence-electron chi connectivity index (χ1n) is 8.44. The Morgan fingerprint density at radius 2 is 1.58 bits per heavy atom. The molecule has 0 radical (unpaired) electrons. The van der Waals surface area contributed by atoms with Crippen molar-refractivity contribution in [1.82, 2.24) is 4.90 Å². The van der Waals surface area contributed by atoms with E-state index in [0.717, 1.165) is 4.90 Å². The van der Waals surface area contributed by atoms with Gasteiger partial charge in [-0.1, -0.05) is 38.1 Å². The largest absolute Gasteiger partial charge is 0.457 e. The smallest absolute Gasteiger partial charge is 0.244 e. The third-order valence-electron chi connectivity index (χ3n) is 4.46. The Bertz CT molecular complexity index is 815. The van der Waals surface area contributed by atoms with Crippen LogP contribution in [-0.2, 0) is 14.4 Å². The van der Waals surface area contributed by atoms with Crippen LogP contribution in [0.3, 0.4) is 0 Å². The lowest BCUT2D eigenvalue weighted by molar-refractivity contribution is -0.142. The summed E-state index contributed by atoms with van der Waals surface area (Å²) in [5, 5.41) is 2.70. The highest BCUT2D eigenvalue weighted by Gasteiger charge is 2.42. The van der Waals surface area contributed by atoms with Gasteiger partial charge in [0.15, 0.2) is 0 Å². The fourth-order valence-corrected chi connectivity index (χ4v) is 2.79. The van der Waals surface area contributed by atoms with Crippen LogP contribution >= 0.6 is 0 Å². The Hall–Kier alpha value is -3.15. The van der Waals surface area contributed by atoms with Gasteiger partial charge in [-0.3, -0.25) is 19.3 Å². The number of likely N-dealkylation sites (tertiary alicyclic amines) is 1. The topological polar surface area (TPSA) is 75.7 Å². The number of imide groups is 1. The molecule has 3 rings (SSSR count). The molecule has 6 heteroatoms. The zero-order valence-corrected chi connectivity index (χ0v) is 14.6. The van der Waals surface area contributed by atoms with Gasteiger partial charge in [-0.15, -0.1) is 0 Å². The highest BCUT2D eigenvalue weighted by molar-refractivity contribution is 6.08. The lowest BCUT2D eigenvalue weighted by Crippen LogP contribution is -2.38. The molecule has 1 saturated heterocycles. The predicted molar refractivity (Wildman–Crippen MR) is 96.6 cm³/mol. The van der Waals surface area contributed by atoms with E-state index in [1.165, 1.54) is 0 Å². The number of ether oxygens (including phenoxy) is 1. The molecule has 1 heterocycles. The number of hydrogen-bond donors (Lipinski definition) is 1. The van der Waals surface area contributed by atoms with Crippen LogP contribution in [0.15, 0.2) is 54.6 Å². The second-order valence-corrected chi connectivity index (χ2v) is 6.33. The number of carbonyl (C=O) groups is 3. The Balaban J connectivity index is 1.64. The number of rotatable bonds is 5. The van der Waals surface area contributed by atoms with Gasteiger partial charge in [0, 0.05) is 23.6 Å². The second kappa shape index (κ2) is 7.39. The summed E-state index contributed by atoms with van der Waals surface area (Å²) >= 11 is 0. The van der Waals surface area contributed by atoms with Crippen LogP contribution in [0.5, 0.6) is 11.5 Å². The molecule has 0 aliphatic carbocycles. The van der Waals surface area contributed by atoms with Crippen molar-refractivity contribution in [3.63, 3.8) is 0 Å². The molecule has 1 aliphatic heterocycles. The highest BCUT2D eigenvalue weighted by Crippen LogP contribution is 2.26. The monoisotopic (exact) mass is 352 g/mol. The second-order valence-electron chi connectivity index (χ2n) is 6.33. The van der Waals surface area contributed by atoms with Gasteiger partial charge in [0.2, 0.25) is 17.7 Å². The molecule has 1 fully saturated rings. The summed E-state index contributed by atoms with van der Waals surface area (Å²) in [6, 6.07) is 16.2. The van der Waals surface area contributed by atoms with E-state index in [4.69, 9.17) is 4.74 Å². The summed E-state index contributed by atoms with van der Waals surface area (Å²) in [6.45, 7) is 3.12. The molecule has 1 aliphatic rings. The van der Waals surface area contributed by atoms with Crippen LogP contribution in [-0.4, -0.2) is 29.2 Å². The van der Waals surface area contributed by atoms with Gasteiger partial charge in [-0.05, 0) is 24.3 Å². The number of para-hydroxylation sites is 1. The molecule has 0 bridgehead atoms. The maximum Gasteiger partial charge on any atom is 0.244 e. The van der Waals surface area contributed by atoms with Crippen molar-refractivity contribution in [3.8, 4) is 11.5 Å². The van der Waals surface area contributed by atoms with E-state index in [2.05, 4.69) is 5.32 Å². The van der Waals surface area contributed by atoms with Crippen molar-refractivity contribution < 1.29 is 19.1 Å². The van der Waals surface area contributed by atoms with E-state index in [9.17, 15) is 14.4 Å². The van der Waals surface area contributed by atoms with Crippen LogP contribution in [0.1, 0.15) is 13.8 Å². The molecule has 0 spiro atoms. The molecule has 6 nitrogen and oxygen atoms in total. The fourth-order valence-electron chi connectivity index (χ4n) is 2.79. The molecular weight excluding hydrogens is 332 g/mol. The molecule has 0 saturated carbocycles. The predicted octanol–water partition coefficient (Wildman–Crippen LogP) is 3.06. The minimum atomic E-state index is -0.426. The highest BCUT2D eigenvalue weighted by atomic mass is 16.5. The van der Waals surface area contributed by atoms with Gasteiger partial charge in [0.25, 0.3) is 0 Å². The number of nitrogens with zero attached hydrogens (tertiary/aromatic N) is 1. The Morgan fingerprint density at radius 3 is 2.23 bits per heavy atom. The minimum Gasteiger partial charge on any atom is -0.457 e. The van der Waals surface area contributed by atoms with Crippen molar-refractivity contribution in [2.24, 2.45) is 11.8 Å². The number of amides is 3. The summed E-state index contributed by atoms with van der Waals surface area (Å²) in [5.74, 6) is -0.560. The molecule has 0 unspecified atom stereocenters. The molecule has 1 N–H and O–H groups in total. The normalized spacial score (nSPS) is 19.5. The van der Waals surface area contributed by atoms with Crippen LogP contribution < -0.4 is 10.1 Å². The molecule has 134 valence electrons. The Morgan fingerprint density at radius 1 is 0.962 bits per heavy atom. The van der Waals surface area contributed by atoms with E-state index in [1.54, 1.807) is 38.1 Å². The fraction of sp³-hybridized carbons (Fsp3) is 0.250. The quantitative estimate of drug-likeness (QED) is 0.839. The Kier molecular flexibility index (Phi) is 5.02. The summed E-state index contributed by atoms with van der Waals surface area (Å²) < 4.78 is 5.73. The summed E-state index contributed by atoms with van der Waals surface area (Å²) in [6.07, 6.45) is 0. The van der Waals surface area contributed by atoms with Crippen molar-refractivity contribution in [3.05, 3.63) is 54.6 Å². The lowest BCUT2D eigenvalue weighted by Gasteiger charge is -2.14. The van der Waals surface area contributed by atoms with Crippen molar-refractivity contribution >= 4 is 23.4 Å². The van der Waals surface area contributed by atoms with Crippen molar-refractivity contribution in [2.75, 3.05) is 11.9 Å². The zero-order chi connectivity index (χ0) is 18.7. The summed E-state index contributed by atoms with van der Waals surface area (Å²) in [5.41, 5.74) is 0.531. The SMILES string of the molecule is C[C@@H]1C(=O)N(CC(=O)Nc2cccc(Oc3ccccc3)c2)C(=O)[C@H]1C. The van der Waals surface area contributed by atoms with Gasteiger partial charge in [0.1, 0.15) is 18.0 Å². The molecular formula is C20H20N2O4. The first kappa shape index (κ1) is 17.7. The summed E-state index contributed by atoms with van der Waals surface area (Å²) in [7, 11) is 0. The zero-order valence-electron chi connectivity index (χ0n) is 14.6. The van der Waals surface area contributed by atoms with Crippen molar-refractivity contribution in [1.29, 1.82) is 0 Å². The average Bonchev–Trinajstić information content (AvgIpc) is 2.81. The van der Waals surface area contributed by atoms with E-state index in [-0.39, 0.29) is 18.4 Å². The number of carbonyl (C=O) groups excluding carboxylic acids is 3. The average molecular weight is 352 g/mol. The maximum atomic E-state index is 12.2. The number of benzene rings is 2. The number of nitrogens with one attached hydrogen (secondary N) is 1. The van der Waals surface area contributed by atoms with E-state index >= 15 is 0 Å². The third-order valence-corrected chi connectivity index (χ3v) is 4.46. The van der Waals surface area contributed by atoms with Crippen LogP contribution in [0.25, 0.3) is 0 Å². The molecule has 2 aromatic rings. The number of anilines is 1. The molecule has 0 aromatic heterocycles. The molecule has 2 atom stereocenters. The maximum absolute atomic E-state index is 12.2. The van der Waals surface area contributed by atoms with E-state index < -0.39 is 17.7 Å². The van der Waals surface area contributed by atoms with Gasteiger partial charge in [-0.25, -0.2) is 0 Å². The molecule has 2 aromatic carbocycles. The standard InChI is InChI=1S/C20H20N2O4/c1-13-14(2)20(25)22(19(13)24)12-18(23)21-15-7-6-10-17(11-15)26-16-8-4-3-5-9-16/h3-11,13-14H,12H2,1-2H3,(H,21,23)/t13-,14-/m0/s1. The van der Waals surface area contributed by atoms with Gasteiger partial charge < -0.3 is 10.1 Å². The van der Waals surface area contributed by atoms with Gasteiger partial charge in [0.05, 0.1) is 0 Å². The Labute approximate surface area is 151 Å². The number of hydrogen-bond acceptors (Lipinski definition) is 4. The van der Waals surface area contributed by atoms with Gasteiger partial charge in [-0.2, -0.15) is 0 Å². The minimum absolute atomic E-state index is 0.282. The lowest BCUT2D eigenvalue weighted by atomic mass is 10.00. The van der Waals surface area contributed by atoms with Crippen LogP contribution in [0, 0.1) is 11.8 Å². The third kappa shape index (κ3) is 3.74. The van der Waals surface area contributed by atoms with E-state index in [1.807, 2.05) is 30.3 Å². The van der Waals surface area contributed by atoms with Crippen molar-refractivity contribution in [2.45, 2.75) is 13.8 Å². The first-order chi connectivity index (χ1) is 12.5. The van der Waals surface area contributed by atoms with Crippen LogP contribution in [0.4, 0.5) is 5.69 Å². The first-order valence-corrected chi connectivity index (χ1v) is 8.44. The van der Waals surface area contributed by atoms with Gasteiger partial charge >= 0.3 is 0 Å². The molecule has 26 heavy (non-hydrogen) atoms.